The molecular weight excluding hydrogens is 425 g/mol. The van der Waals surface area contributed by atoms with E-state index in [1.54, 1.807) is 17.9 Å². The minimum Gasteiger partial charge on any atom is -0.436 e. The summed E-state index contributed by atoms with van der Waals surface area (Å²) in [4.78, 5) is 29.8. The zero-order chi connectivity index (χ0) is 24.3. The van der Waals surface area contributed by atoms with Crippen LogP contribution in [0.25, 0.3) is 11.4 Å². The number of hydrogen-bond donors (Lipinski definition) is 2. The SMILES string of the molecule is Cc1cnn(C)c1-c1ncc(NC(=O)C(OC(=O)NC(C)(C)C)C2CCC(C)CC2)cc1F. The van der Waals surface area contributed by atoms with Crippen molar-refractivity contribution in [2.24, 2.45) is 18.9 Å². The number of rotatable bonds is 5. The molecule has 2 heterocycles. The van der Waals surface area contributed by atoms with E-state index in [0.29, 0.717) is 11.6 Å². The summed E-state index contributed by atoms with van der Waals surface area (Å²) in [6.07, 6.45) is 4.93. The van der Waals surface area contributed by atoms with E-state index in [9.17, 15) is 14.0 Å². The number of alkyl carbamates (subject to hydrolysis) is 1. The maximum atomic E-state index is 14.9. The predicted molar refractivity (Wildman–Crippen MR) is 124 cm³/mol. The highest BCUT2D eigenvalue weighted by molar-refractivity contribution is 5.95. The van der Waals surface area contributed by atoms with Gasteiger partial charge in [-0.1, -0.05) is 19.8 Å². The number of halogens is 1. The minimum absolute atomic E-state index is 0.0962. The van der Waals surface area contributed by atoms with Crippen LogP contribution >= 0.6 is 0 Å². The molecule has 8 nitrogen and oxygen atoms in total. The van der Waals surface area contributed by atoms with Crippen molar-refractivity contribution < 1.29 is 18.7 Å². The zero-order valence-electron chi connectivity index (χ0n) is 20.2. The number of amides is 2. The quantitative estimate of drug-likeness (QED) is 0.682. The molecule has 1 fully saturated rings. The van der Waals surface area contributed by atoms with Crippen molar-refractivity contribution in [2.75, 3.05) is 5.32 Å². The largest absolute Gasteiger partial charge is 0.436 e. The standard InChI is InChI=1S/C24H34FN5O3/c1-14-7-9-16(10-8-14)21(33-23(32)29-24(3,4)5)22(31)28-17-11-18(25)19(26-13-17)20-15(2)12-27-30(20)6/h11-14,16,21H,7-10H2,1-6H3,(H,28,31)(H,29,32). The number of aryl methyl sites for hydroxylation is 2. The van der Waals surface area contributed by atoms with Gasteiger partial charge in [-0.15, -0.1) is 0 Å². The van der Waals surface area contributed by atoms with E-state index < -0.39 is 29.5 Å². The molecule has 2 aromatic heterocycles. The number of pyridine rings is 1. The fraction of sp³-hybridized carbons (Fsp3) is 0.583. The molecule has 0 radical (unpaired) electrons. The number of aromatic nitrogens is 3. The van der Waals surface area contributed by atoms with Gasteiger partial charge in [-0.25, -0.2) is 14.2 Å². The average molecular weight is 460 g/mol. The number of anilines is 1. The first-order valence-corrected chi connectivity index (χ1v) is 11.4. The molecule has 0 aromatic carbocycles. The van der Waals surface area contributed by atoms with Gasteiger partial charge in [0.2, 0.25) is 0 Å². The van der Waals surface area contributed by atoms with Crippen LogP contribution in [0.2, 0.25) is 0 Å². The Bertz CT molecular complexity index is 987. The second kappa shape index (κ2) is 9.89. The molecule has 0 aliphatic heterocycles. The lowest BCUT2D eigenvalue weighted by Gasteiger charge is -2.32. The van der Waals surface area contributed by atoms with Gasteiger partial charge in [-0.3, -0.25) is 9.48 Å². The molecule has 3 rings (SSSR count). The fourth-order valence-corrected chi connectivity index (χ4v) is 4.18. The van der Waals surface area contributed by atoms with Crippen LogP contribution in [0.1, 0.15) is 58.9 Å². The fourth-order valence-electron chi connectivity index (χ4n) is 4.18. The topological polar surface area (TPSA) is 98.1 Å². The van der Waals surface area contributed by atoms with Crippen LogP contribution in [0, 0.1) is 24.6 Å². The average Bonchev–Trinajstić information content (AvgIpc) is 3.04. The third-order valence-electron chi connectivity index (χ3n) is 5.91. The Kier molecular flexibility index (Phi) is 7.39. The second-order valence-corrected chi connectivity index (χ2v) is 10.1. The summed E-state index contributed by atoms with van der Waals surface area (Å²) < 4.78 is 22.0. The summed E-state index contributed by atoms with van der Waals surface area (Å²) in [6, 6.07) is 1.22. The molecule has 0 saturated heterocycles. The minimum atomic E-state index is -0.970. The Morgan fingerprint density at radius 3 is 2.42 bits per heavy atom. The van der Waals surface area contributed by atoms with Crippen LogP contribution in [-0.4, -0.2) is 38.4 Å². The molecule has 1 aliphatic carbocycles. The van der Waals surface area contributed by atoms with Crippen molar-refractivity contribution in [3.63, 3.8) is 0 Å². The van der Waals surface area contributed by atoms with Crippen LogP contribution in [0.3, 0.4) is 0 Å². The van der Waals surface area contributed by atoms with E-state index in [0.717, 1.165) is 31.2 Å². The molecule has 0 bridgehead atoms. The summed E-state index contributed by atoms with van der Waals surface area (Å²) in [6.45, 7) is 9.52. The first kappa shape index (κ1) is 24.7. The Balaban J connectivity index is 1.78. The van der Waals surface area contributed by atoms with E-state index in [1.165, 1.54) is 12.3 Å². The van der Waals surface area contributed by atoms with Gasteiger partial charge in [-0.05, 0) is 52.0 Å². The molecule has 9 heteroatoms. The molecule has 1 aliphatic rings. The lowest BCUT2D eigenvalue weighted by molar-refractivity contribution is -0.127. The Morgan fingerprint density at radius 2 is 1.88 bits per heavy atom. The number of nitrogens with one attached hydrogen (secondary N) is 2. The van der Waals surface area contributed by atoms with Crippen molar-refractivity contribution >= 4 is 17.7 Å². The predicted octanol–water partition coefficient (Wildman–Crippen LogP) is 4.59. The number of hydrogen-bond acceptors (Lipinski definition) is 5. The Morgan fingerprint density at radius 1 is 1.21 bits per heavy atom. The number of nitrogens with zero attached hydrogens (tertiary/aromatic N) is 3. The van der Waals surface area contributed by atoms with E-state index in [1.807, 2.05) is 27.7 Å². The van der Waals surface area contributed by atoms with Crippen LogP contribution in [-0.2, 0) is 16.6 Å². The first-order valence-electron chi connectivity index (χ1n) is 11.4. The molecule has 180 valence electrons. The highest BCUT2D eigenvalue weighted by atomic mass is 19.1. The monoisotopic (exact) mass is 459 g/mol. The van der Waals surface area contributed by atoms with E-state index in [2.05, 4.69) is 27.6 Å². The maximum absolute atomic E-state index is 14.9. The molecule has 2 N–H and O–H groups in total. The highest BCUT2D eigenvalue weighted by Gasteiger charge is 2.35. The van der Waals surface area contributed by atoms with Crippen LogP contribution in [0.15, 0.2) is 18.5 Å². The van der Waals surface area contributed by atoms with Gasteiger partial charge < -0.3 is 15.4 Å². The van der Waals surface area contributed by atoms with Crippen molar-refractivity contribution in [2.45, 2.75) is 71.9 Å². The van der Waals surface area contributed by atoms with Gasteiger partial charge in [0.15, 0.2) is 11.9 Å². The molecule has 1 saturated carbocycles. The second-order valence-electron chi connectivity index (χ2n) is 10.1. The molecule has 1 atom stereocenters. The smallest absolute Gasteiger partial charge is 0.408 e. The van der Waals surface area contributed by atoms with Crippen molar-refractivity contribution in [3.8, 4) is 11.4 Å². The Labute approximate surface area is 194 Å². The van der Waals surface area contributed by atoms with Crippen LogP contribution < -0.4 is 10.6 Å². The summed E-state index contributed by atoms with van der Waals surface area (Å²) in [5.74, 6) is -0.575. The van der Waals surface area contributed by atoms with Gasteiger partial charge in [0, 0.05) is 24.6 Å². The summed E-state index contributed by atoms with van der Waals surface area (Å²) in [7, 11) is 1.72. The zero-order valence-corrected chi connectivity index (χ0v) is 20.2. The van der Waals surface area contributed by atoms with Crippen LogP contribution in [0.4, 0.5) is 14.9 Å². The Hall–Kier alpha value is -2.97. The van der Waals surface area contributed by atoms with Crippen molar-refractivity contribution in [1.29, 1.82) is 0 Å². The van der Waals surface area contributed by atoms with Gasteiger partial charge in [-0.2, -0.15) is 5.10 Å². The van der Waals surface area contributed by atoms with Gasteiger partial charge in [0.05, 0.1) is 23.8 Å². The molecule has 1 unspecified atom stereocenters. The lowest BCUT2D eigenvalue weighted by atomic mass is 9.80. The van der Waals surface area contributed by atoms with Crippen molar-refractivity contribution in [3.05, 3.63) is 29.8 Å². The van der Waals surface area contributed by atoms with Gasteiger partial charge in [0.1, 0.15) is 5.69 Å². The van der Waals surface area contributed by atoms with Gasteiger partial charge >= 0.3 is 6.09 Å². The molecule has 2 amide bonds. The third-order valence-corrected chi connectivity index (χ3v) is 5.91. The highest BCUT2D eigenvalue weighted by Crippen LogP contribution is 2.32. The van der Waals surface area contributed by atoms with E-state index in [-0.39, 0.29) is 17.3 Å². The summed E-state index contributed by atoms with van der Waals surface area (Å²) in [5, 5.41) is 9.55. The summed E-state index contributed by atoms with van der Waals surface area (Å²) in [5.41, 5.74) is 1.23. The molecular formula is C24H34FN5O3. The normalized spacial score (nSPS) is 19.6. The molecule has 0 spiro atoms. The number of carbonyl (C=O) groups excluding carboxylic acids is 2. The summed E-state index contributed by atoms with van der Waals surface area (Å²) >= 11 is 0. The number of carbonyl (C=O) groups is 2. The number of ether oxygens (including phenoxy) is 1. The van der Waals surface area contributed by atoms with E-state index >= 15 is 0 Å². The van der Waals surface area contributed by atoms with Gasteiger partial charge in [0.25, 0.3) is 5.91 Å². The molecule has 2 aromatic rings. The third kappa shape index (κ3) is 6.30. The van der Waals surface area contributed by atoms with Crippen molar-refractivity contribution in [1.82, 2.24) is 20.1 Å². The van der Waals surface area contributed by atoms with E-state index in [4.69, 9.17) is 4.74 Å². The maximum Gasteiger partial charge on any atom is 0.408 e. The first-order chi connectivity index (χ1) is 15.4. The molecule has 33 heavy (non-hydrogen) atoms. The van der Waals surface area contributed by atoms with Crippen LogP contribution in [0.5, 0.6) is 0 Å². The lowest BCUT2D eigenvalue weighted by Crippen LogP contribution is -2.46.